The van der Waals surface area contributed by atoms with Crippen LogP contribution in [0.5, 0.6) is 5.75 Å². The van der Waals surface area contributed by atoms with E-state index in [-0.39, 0.29) is 11.8 Å². The topological polar surface area (TPSA) is 67.4 Å². The van der Waals surface area contributed by atoms with E-state index in [4.69, 9.17) is 4.74 Å². The lowest BCUT2D eigenvalue weighted by molar-refractivity contribution is -0.116. The molecule has 2 aromatic rings. The third kappa shape index (κ3) is 7.36. The Balaban J connectivity index is 1.62. The SMILES string of the molecule is CNC(=O)c1ccc(C=CC(=O)NCCCCOc2ccc(C)cc2)cc1. The highest BCUT2D eigenvalue weighted by Crippen LogP contribution is 2.11. The van der Waals surface area contributed by atoms with Crippen molar-refractivity contribution in [3.8, 4) is 5.75 Å². The number of hydrogen-bond donors (Lipinski definition) is 2. The van der Waals surface area contributed by atoms with E-state index >= 15 is 0 Å². The Bertz CT molecular complexity index is 765. The molecule has 0 aromatic heterocycles. The van der Waals surface area contributed by atoms with E-state index in [0.717, 1.165) is 24.2 Å². The molecule has 0 spiro atoms. The van der Waals surface area contributed by atoms with Crippen LogP contribution in [-0.2, 0) is 4.79 Å². The Morgan fingerprint density at radius 2 is 1.70 bits per heavy atom. The van der Waals surface area contributed by atoms with E-state index in [1.54, 1.807) is 37.4 Å². The molecular weight excluding hydrogens is 340 g/mol. The number of benzene rings is 2. The minimum atomic E-state index is -0.134. The number of amides is 2. The fourth-order valence-electron chi connectivity index (χ4n) is 2.38. The van der Waals surface area contributed by atoms with Gasteiger partial charge < -0.3 is 15.4 Å². The number of rotatable bonds is 9. The molecule has 0 aliphatic rings. The zero-order valence-electron chi connectivity index (χ0n) is 15.8. The van der Waals surface area contributed by atoms with E-state index < -0.39 is 0 Å². The highest BCUT2D eigenvalue weighted by Gasteiger charge is 2.01. The number of ether oxygens (including phenoxy) is 1. The smallest absolute Gasteiger partial charge is 0.251 e. The first-order chi connectivity index (χ1) is 13.1. The van der Waals surface area contributed by atoms with Gasteiger partial charge in [-0.15, -0.1) is 0 Å². The average molecular weight is 366 g/mol. The molecule has 0 radical (unpaired) electrons. The first kappa shape index (κ1) is 20.2. The third-order valence-electron chi connectivity index (χ3n) is 3.99. The number of carbonyl (C=O) groups is 2. The van der Waals surface area contributed by atoms with Gasteiger partial charge in [0, 0.05) is 25.2 Å². The molecule has 5 nitrogen and oxygen atoms in total. The van der Waals surface area contributed by atoms with Gasteiger partial charge in [0.2, 0.25) is 5.91 Å². The number of unbranched alkanes of at least 4 members (excludes halogenated alkanes) is 1. The largest absolute Gasteiger partial charge is 0.494 e. The zero-order valence-corrected chi connectivity index (χ0v) is 15.8. The van der Waals surface area contributed by atoms with E-state index in [2.05, 4.69) is 10.6 Å². The summed E-state index contributed by atoms with van der Waals surface area (Å²) >= 11 is 0. The van der Waals surface area contributed by atoms with Gasteiger partial charge in [-0.2, -0.15) is 0 Å². The maximum atomic E-state index is 11.8. The summed E-state index contributed by atoms with van der Waals surface area (Å²) in [5, 5.41) is 5.42. The summed E-state index contributed by atoms with van der Waals surface area (Å²) in [6.07, 6.45) is 4.95. The minimum Gasteiger partial charge on any atom is -0.494 e. The first-order valence-corrected chi connectivity index (χ1v) is 9.06. The maximum Gasteiger partial charge on any atom is 0.251 e. The molecule has 0 saturated heterocycles. The molecular formula is C22H26N2O3. The van der Waals surface area contributed by atoms with Gasteiger partial charge in [0.25, 0.3) is 5.91 Å². The van der Waals surface area contributed by atoms with E-state index in [0.29, 0.717) is 18.7 Å². The minimum absolute atomic E-state index is 0.130. The molecule has 0 atom stereocenters. The van der Waals surface area contributed by atoms with Crippen LogP contribution in [0.1, 0.15) is 34.3 Å². The maximum absolute atomic E-state index is 11.8. The molecule has 2 amide bonds. The second-order valence-corrected chi connectivity index (χ2v) is 6.19. The number of nitrogens with one attached hydrogen (secondary N) is 2. The molecule has 5 heteroatoms. The number of aryl methyl sites for hydroxylation is 1. The van der Waals surface area contributed by atoms with Crippen molar-refractivity contribution in [1.29, 1.82) is 0 Å². The van der Waals surface area contributed by atoms with Crippen LogP contribution >= 0.6 is 0 Å². The van der Waals surface area contributed by atoms with Crippen molar-refractivity contribution < 1.29 is 14.3 Å². The summed E-state index contributed by atoms with van der Waals surface area (Å²) in [7, 11) is 1.59. The quantitative estimate of drug-likeness (QED) is 0.528. The van der Waals surface area contributed by atoms with E-state index in [9.17, 15) is 9.59 Å². The Kier molecular flexibility index (Phi) is 8.10. The summed E-state index contributed by atoms with van der Waals surface area (Å²) in [4.78, 5) is 23.3. The van der Waals surface area contributed by atoms with Crippen molar-refractivity contribution in [3.05, 3.63) is 71.3 Å². The summed E-state index contributed by atoms with van der Waals surface area (Å²) < 4.78 is 5.65. The molecule has 0 unspecified atom stereocenters. The standard InChI is InChI=1S/C22H26N2O3/c1-17-5-12-20(13-6-17)27-16-4-3-15-24-21(25)14-9-18-7-10-19(11-8-18)22(26)23-2/h5-14H,3-4,15-16H2,1-2H3,(H,23,26)(H,24,25). The summed E-state index contributed by atoms with van der Waals surface area (Å²) in [5.74, 6) is 0.606. The fourth-order valence-corrected chi connectivity index (χ4v) is 2.38. The predicted octanol–water partition coefficient (Wildman–Crippen LogP) is 3.34. The summed E-state index contributed by atoms with van der Waals surface area (Å²) in [6.45, 7) is 3.28. The Labute approximate surface area is 160 Å². The van der Waals surface area contributed by atoms with Gasteiger partial charge in [0.05, 0.1) is 6.61 Å². The van der Waals surface area contributed by atoms with Crippen molar-refractivity contribution in [2.24, 2.45) is 0 Å². The van der Waals surface area contributed by atoms with Crippen molar-refractivity contribution in [2.45, 2.75) is 19.8 Å². The van der Waals surface area contributed by atoms with Crippen molar-refractivity contribution >= 4 is 17.9 Å². The van der Waals surface area contributed by atoms with Crippen molar-refractivity contribution in [3.63, 3.8) is 0 Å². The molecule has 0 fully saturated rings. The van der Waals surface area contributed by atoms with Gasteiger partial charge in [-0.3, -0.25) is 9.59 Å². The van der Waals surface area contributed by atoms with Crippen molar-refractivity contribution in [2.75, 3.05) is 20.2 Å². The van der Waals surface area contributed by atoms with Gasteiger partial charge in [0.1, 0.15) is 5.75 Å². The molecule has 0 saturated carbocycles. The molecule has 2 rings (SSSR count). The van der Waals surface area contributed by atoms with Crippen LogP contribution in [0, 0.1) is 6.92 Å². The number of hydrogen-bond acceptors (Lipinski definition) is 3. The first-order valence-electron chi connectivity index (χ1n) is 9.06. The van der Waals surface area contributed by atoms with Gasteiger partial charge in [-0.1, -0.05) is 29.8 Å². The summed E-state index contributed by atoms with van der Waals surface area (Å²) in [5.41, 5.74) is 2.66. The molecule has 142 valence electrons. The van der Waals surface area contributed by atoms with Crippen LogP contribution in [0.2, 0.25) is 0 Å². The van der Waals surface area contributed by atoms with E-state index in [1.807, 2.05) is 31.2 Å². The van der Waals surface area contributed by atoms with Gasteiger partial charge in [-0.05, 0) is 55.7 Å². The Morgan fingerprint density at radius 3 is 2.37 bits per heavy atom. The second kappa shape index (κ2) is 10.8. The van der Waals surface area contributed by atoms with Crippen LogP contribution in [0.3, 0.4) is 0 Å². The molecule has 2 N–H and O–H groups in total. The molecule has 27 heavy (non-hydrogen) atoms. The number of carbonyl (C=O) groups excluding carboxylic acids is 2. The predicted molar refractivity (Wildman–Crippen MR) is 108 cm³/mol. The van der Waals surface area contributed by atoms with Gasteiger partial charge in [0.15, 0.2) is 0 Å². The highest BCUT2D eigenvalue weighted by atomic mass is 16.5. The van der Waals surface area contributed by atoms with E-state index in [1.165, 1.54) is 11.6 Å². The van der Waals surface area contributed by atoms with Gasteiger partial charge >= 0.3 is 0 Å². The Morgan fingerprint density at radius 1 is 1.00 bits per heavy atom. The van der Waals surface area contributed by atoms with Crippen molar-refractivity contribution in [1.82, 2.24) is 10.6 Å². The molecule has 0 aliphatic carbocycles. The van der Waals surface area contributed by atoms with Crippen LogP contribution in [0.4, 0.5) is 0 Å². The monoisotopic (exact) mass is 366 g/mol. The normalized spacial score (nSPS) is 10.6. The van der Waals surface area contributed by atoms with Crippen LogP contribution in [0.15, 0.2) is 54.6 Å². The van der Waals surface area contributed by atoms with Crippen LogP contribution < -0.4 is 15.4 Å². The highest BCUT2D eigenvalue weighted by molar-refractivity contribution is 5.94. The lowest BCUT2D eigenvalue weighted by atomic mass is 10.1. The zero-order chi connectivity index (χ0) is 19.5. The molecule has 0 aliphatic heterocycles. The van der Waals surface area contributed by atoms with Gasteiger partial charge in [-0.25, -0.2) is 0 Å². The Hall–Kier alpha value is -3.08. The average Bonchev–Trinajstić information content (AvgIpc) is 2.70. The third-order valence-corrected chi connectivity index (χ3v) is 3.99. The van der Waals surface area contributed by atoms with Crippen LogP contribution in [-0.4, -0.2) is 32.0 Å². The molecule has 2 aromatic carbocycles. The van der Waals surface area contributed by atoms with Crippen LogP contribution in [0.25, 0.3) is 6.08 Å². The lowest BCUT2D eigenvalue weighted by Gasteiger charge is -2.06. The fraction of sp³-hybridized carbons (Fsp3) is 0.273. The second-order valence-electron chi connectivity index (χ2n) is 6.19. The molecule has 0 heterocycles. The summed E-state index contributed by atoms with van der Waals surface area (Å²) in [6, 6.07) is 15.0. The molecule has 0 bridgehead atoms. The lowest BCUT2D eigenvalue weighted by Crippen LogP contribution is -2.22.